The molecular formula is C13H15FN2O2S. The molecule has 1 aliphatic rings. The van der Waals surface area contributed by atoms with E-state index in [0.29, 0.717) is 19.0 Å². The lowest BCUT2D eigenvalue weighted by molar-refractivity contribution is 0.411. The molecule has 0 spiro atoms. The summed E-state index contributed by atoms with van der Waals surface area (Å²) in [7, 11) is -3.80. The van der Waals surface area contributed by atoms with E-state index < -0.39 is 21.4 Å². The summed E-state index contributed by atoms with van der Waals surface area (Å²) < 4.78 is 39.8. The first-order valence-corrected chi connectivity index (χ1v) is 7.63. The van der Waals surface area contributed by atoms with Crippen LogP contribution < -0.4 is 0 Å². The molecule has 4 nitrogen and oxygen atoms in total. The summed E-state index contributed by atoms with van der Waals surface area (Å²) in [4.78, 5) is -0.238. The van der Waals surface area contributed by atoms with Crippen LogP contribution in [-0.2, 0) is 10.0 Å². The van der Waals surface area contributed by atoms with Crippen molar-refractivity contribution in [3.63, 3.8) is 0 Å². The van der Waals surface area contributed by atoms with E-state index in [1.807, 2.05) is 0 Å². The van der Waals surface area contributed by atoms with E-state index in [-0.39, 0.29) is 4.90 Å². The third kappa shape index (κ3) is 2.77. The van der Waals surface area contributed by atoms with Crippen LogP contribution in [0.3, 0.4) is 0 Å². The Hall–Kier alpha value is -1.45. The Labute approximate surface area is 112 Å². The zero-order valence-electron chi connectivity index (χ0n) is 10.6. The van der Waals surface area contributed by atoms with Crippen molar-refractivity contribution in [3.8, 4) is 6.07 Å². The molecule has 0 saturated heterocycles. The second-order valence-corrected chi connectivity index (χ2v) is 6.53. The molecule has 1 fully saturated rings. The quantitative estimate of drug-likeness (QED) is 0.831. The van der Waals surface area contributed by atoms with Crippen molar-refractivity contribution < 1.29 is 12.8 Å². The second-order valence-electron chi connectivity index (χ2n) is 4.62. The molecule has 19 heavy (non-hydrogen) atoms. The van der Waals surface area contributed by atoms with E-state index >= 15 is 0 Å². The fourth-order valence-corrected chi connectivity index (χ4v) is 3.63. The van der Waals surface area contributed by atoms with Gasteiger partial charge in [0.05, 0.1) is 0 Å². The maximum Gasteiger partial charge on any atom is 0.244 e. The third-order valence-electron chi connectivity index (χ3n) is 3.22. The molecule has 1 aliphatic carbocycles. The molecule has 0 N–H and O–H groups in total. The predicted molar refractivity (Wildman–Crippen MR) is 68.3 cm³/mol. The van der Waals surface area contributed by atoms with Crippen LogP contribution >= 0.6 is 0 Å². The van der Waals surface area contributed by atoms with Gasteiger partial charge in [-0.1, -0.05) is 13.0 Å². The van der Waals surface area contributed by atoms with Crippen molar-refractivity contribution >= 4 is 10.0 Å². The van der Waals surface area contributed by atoms with E-state index in [2.05, 4.69) is 0 Å². The predicted octanol–water partition coefficient (Wildman–Crippen LogP) is 2.12. The molecule has 102 valence electrons. The van der Waals surface area contributed by atoms with Gasteiger partial charge in [-0.05, 0) is 30.9 Å². The van der Waals surface area contributed by atoms with Crippen LogP contribution in [0, 0.1) is 23.1 Å². The fraction of sp³-hybridized carbons (Fsp3) is 0.462. The number of sulfonamides is 1. The highest BCUT2D eigenvalue weighted by molar-refractivity contribution is 7.89. The van der Waals surface area contributed by atoms with E-state index in [0.717, 1.165) is 18.9 Å². The maximum atomic E-state index is 13.5. The molecule has 0 atom stereocenters. The SMILES string of the molecule is CCN(CC1CC1)S(=O)(=O)c1cccc(F)c1C#N. The molecular weight excluding hydrogens is 267 g/mol. The van der Waals surface area contributed by atoms with Crippen LogP contribution in [0.25, 0.3) is 0 Å². The van der Waals surface area contributed by atoms with Gasteiger partial charge in [-0.3, -0.25) is 0 Å². The van der Waals surface area contributed by atoms with Crippen molar-refractivity contribution in [2.24, 2.45) is 5.92 Å². The number of hydrogen-bond donors (Lipinski definition) is 0. The maximum absolute atomic E-state index is 13.5. The summed E-state index contributed by atoms with van der Waals surface area (Å²) in [6, 6.07) is 5.33. The molecule has 6 heteroatoms. The van der Waals surface area contributed by atoms with E-state index in [1.54, 1.807) is 13.0 Å². The van der Waals surface area contributed by atoms with Crippen LogP contribution in [0.2, 0.25) is 0 Å². The summed E-state index contributed by atoms with van der Waals surface area (Å²) in [5.41, 5.74) is -0.406. The topological polar surface area (TPSA) is 61.2 Å². The summed E-state index contributed by atoms with van der Waals surface area (Å²) in [5.74, 6) is -0.403. The summed E-state index contributed by atoms with van der Waals surface area (Å²) >= 11 is 0. The normalized spacial score (nSPS) is 15.5. The number of rotatable bonds is 5. The lowest BCUT2D eigenvalue weighted by atomic mass is 10.2. The number of halogens is 1. The molecule has 0 heterocycles. The van der Waals surface area contributed by atoms with Crippen molar-refractivity contribution in [1.29, 1.82) is 5.26 Å². The minimum Gasteiger partial charge on any atom is -0.207 e. The van der Waals surface area contributed by atoms with Crippen LogP contribution in [0.4, 0.5) is 4.39 Å². The molecule has 1 saturated carbocycles. The number of hydrogen-bond acceptors (Lipinski definition) is 3. The van der Waals surface area contributed by atoms with Crippen LogP contribution in [0.15, 0.2) is 23.1 Å². The Morgan fingerprint density at radius 1 is 1.47 bits per heavy atom. The van der Waals surface area contributed by atoms with Crippen molar-refractivity contribution in [1.82, 2.24) is 4.31 Å². The van der Waals surface area contributed by atoms with Crippen molar-refractivity contribution in [2.45, 2.75) is 24.7 Å². The third-order valence-corrected chi connectivity index (χ3v) is 5.20. The van der Waals surface area contributed by atoms with Gasteiger partial charge in [-0.25, -0.2) is 12.8 Å². The molecule has 2 rings (SSSR count). The number of nitriles is 1. The van der Waals surface area contributed by atoms with E-state index in [4.69, 9.17) is 5.26 Å². The monoisotopic (exact) mass is 282 g/mol. The Morgan fingerprint density at radius 2 is 2.16 bits per heavy atom. The van der Waals surface area contributed by atoms with Gasteiger partial charge < -0.3 is 0 Å². The molecule has 1 aromatic rings. The Kier molecular flexibility index (Phi) is 3.88. The molecule has 0 aliphatic heterocycles. The van der Waals surface area contributed by atoms with E-state index in [9.17, 15) is 12.8 Å². The summed E-state index contributed by atoms with van der Waals surface area (Å²) in [5, 5.41) is 8.94. The minimum absolute atomic E-state index is 0.238. The van der Waals surface area contributed by atoms with Gasteiger partial charge in [0.15, 0.2) is 0 Å². The standard InChI is InChI=1S/C13H15FN2O2S/c1-2-16(9-10-6-7-10)19(17,18)13-5-3-4-12(14)11(13)8-15/h3-5,10H,2,6-7,9H2,1H3. The average molecular weight is 282 g/mol. The van der Waals surface area contributed by atoms with Crippen molar-refractivity contribution in [2.75, 3.05) is 13.1 Å². The largest absolute Gasteiger partial charge is 0.244 e. The molecule has 0 aromatic heterocycles. The summed E-state index contributed by atoms with van der Waals surface area (Å²) in [6.07, 6.45) is 2.06. The number of benzene rings is 1. The Morgan fingerprint density at radius 3 is 2.68 bits per heavy atom. The lowest BCUT2D eigenvalue weighted by Crippen LogP contribution is -2.33. The Bertz CT molecular complexity index is 618. The highest BCUT2D eigenvalue weighted by Gasteiger charge is 2.32. The van der Waals surface area contributed by atoms with Crippen LogP contribution in [-0.4, -0.2) is 25.8 Å². The highest BCUT2D eigenvalue weighted by Crippen LogP contribution is 2.32. The van der Waals surface area contributed by atoms with Crippen LogP contribution in [0.1, 0.15) is 25.3 Å². The minimum atomic E-state index is -3.80. The van der Waals surface area contributed by atoms with Gasteiger partial charge in [0.2, 0.25) is 10.0 Å². The average Bonchev–Trinajstić information content (AvgIpc) is 3.19. The zero-order valence-corrected chi connectivity index (χ0v) is 11.5. The first kappa shape index (κ1) is 14.0. The molecule has 0 unspecified atom stereocenters. The molecule has 0 amide bonds. The first-order chi connectivity index (χ1) is 9.00. The smallest absolute Gasteiger partial charge is 0.207 e. The van der Waals surface area contributed by atoms with Gasteiger partial charge in [0.25, 0.3) is 0 Å². The number of nitrogens with zero attached hydrogens (tertiary/aromatic N) is 2. The van der Waals surface area contributed by atoms with Gasteiger partial charge in [-0.15, -0.1) is 0 Å². The van der Waals surface area contributed by atoms with Gasteiger partial charge in [-0.2, -0.15) is 9.57 Å². The Balaban J connectivity index is 2.43. The second kappa shape index (κ2) is 5.27. The van der Waals surface area contributed by atoms with Gasteiger partial charge >= 0.3 is 0 Å². The van der Waals surface area contributed by atoms with Gasteiger partial charge in [0, 0.05) is 13.1 Å². The first-order valence-electron chi connectivity index (χ1n) is 6.19. The zero-order chi connectivity index (χ0) is 14.0. The highest BCUT2D eigenvalue weighted by atomic mass is 32.2. The van der Waals surface area contributed by atoms with Gasteiger partial charge in [0.1, 0.15) is 22.3 Å². The molecule has 0 radical (unpaired) electrons. The summed E-state index contributed by atoms with van der Waals surface area (Å²) in [6.45, 7) is 2.51. The van der Waals surface area contributed by atoms with E-state index in [1.165, 1.54) is 16.4 Å². The van der Waals surface area contributed by atoms with Crippen molar-refractivity contribution in [3.05, 3.63) is 29.6 Å². The fourth-order valence-electron chi connectivity index (χ4n) is 1.95. The molecule has 0 bridgehead atoms. The van der Waals surface area contributed by atoms with Crippen LogP contribution in [0.5, 0.6) is 0 Å². The molecule has 1 aromatic carbocycles. The lowest BCUT2D eigenvalue weighted by Gasteiger charge is -2.20.